The lowest BCUT2D eigenvalue weighted by Crippen LogP contribution is -2.44. The van der Waals surface area contributed by atoms with Gasteiger partial charge in [0.1, 0.15) is 18.0 Å². The van der Waals surface area contributed by atoms with Crippen LogP contribution in [0, 0.1) is 6.92 Å². The van der Waals surface area contributed by atoms with Crippen LogP contribution < -0.4 is 10.2 Å². The first-order valence-electron chi connectivity index (χ1n) is 11.1. The number of rotatable bonds is 4. The van der Waals surface area contributed by atoms with Crippen molar-refractivity contribution in [2.45, 2.75) is 26.1 Å². The number of anilines is 2. The van der Waals surface area contributed by atoms with Gasteiger partial charge in [-0.25, -0.2) is 9.97 Å². The van der Waals surface area contributed by atoms with Crippen molar-refractivity contribution in [3.05, 3.63) is 53.6 Å². The number of nitrogens with zero attached hydrogens (tertiary/aromatic N) is 7. The van der Waals surface area contributed by atoms with Crippen molar-refractivity contribution in [3.8, 4) is 0 Å². The molecule has 1 aliphatic heterocycles. The monoisotopic (exact) mass is 470 g/mol. The number of halogens is 3. The molecule has 1 saturated heterocycles. The molecule has 0 bridgehead atoms. The fourth-order valence-electron chi connectivity index (χ4n) is 4.31. The predicted molar refractivity (Wildman–Crippen MR) is 124 cm³/mol. The lowest BCUT2D eigenvalue weighted by molar-refractivity contribution is -0.137. The third-order valence-corrected chi connectivity index (χ3v) is 6.23. The number of hydrogen-bond acceptors (Lipinski definition) is 7. The minimum Gasteiger partial charge on any atom is -0.366 e. The van der Waals surface area contributed by atoms with Crippen molar-refractivity contribution < 1.29 is 13.2 Å². The summed E-state index contributed by atoms with van der Waals surface area (Å²) in [6, 6.07) is 6.93. The summed E-state index contributed by atoms with van der Waals surface area (Å²) < 4.78 is 41.5. The van der Waals surface area contributed by atoms with Crippen molar-refractivity contribution in [2.24, 2.45) is 0 Å². The molecule has 0 radical (unpaired) electrons. The lowest BCUT2D eigenvalue weighted by atomic mass is 10.0. The molecule has 5 rings (SSSR count). The number of hydrogen-bond donors (Lipinski definition) is 1. The number of piperazine rings is 1. The minimum absolute atomic E-state index is 0.413. The summed E-state index contributed by atoms with van der Waals surface area (Å²) in [5.41, 5.74) is 2.13. The first-order chi connectivity index (χ1) is 16.2. The van der Waals surface area contributed by atoms with Gasteiger partial charge < -0.3 is 15.1 Å². The number of aromatic nitrogens is 5. The number of pyridine rings is 1. The van der Waals surface area contributed by atoms with Crippen LogP contribution in [0.15, 0.2) is 36.7 Å². The highest BCUT2D eigenvalue weighted by molar-refractivity contribution is 5.94. The van der Waals surface area contributed by atoms with Gasteiger partial charge in [-0.3, -0.25) is 4.40 Å². The highest BCUT2D eigenvalue weighted by Crippen LogP contribution is 2.34. The molecule has 0 amide bonds. The van der Waals surface area contributed by atoms with E-state index in [1.165, 1.54) is 12.1 Å². The quantitative estimate of drug-likeness (QED) is 0.485. The molecule has 0 saturated carbocycles. The highest BCUT2D eigenvalue weighted by atomic mass is 19.4. The number of likely N-dealkylation sites (N-methyl/N-ethyl adjacent to an activating group) is 1. The second kappa shape index (κ2) is 8.39. The normalized spacial score (nSPS) is 16.4. The third kappa shape index (κ3) is 4.11. The van der Waals surface area contributed by atoms with E-state index < -0.39 is 17.8 Å². The first-order valence-corrected chi connectivity index (χ1v) is 11.1. The maximum atomic E-state index is 13.2. The number of fused-ring (bicyclic) bond motifs is 3. The lowest BCUT2D eigenvalue weighted by Gasteiger charge is -2.34. The molecule has 0 unspecified atom stereocenters. The van der Waals surface area contributed by atoms with Gasteiger partial charge in [0.05, 0.1) is 16.6 Å². The Morgan fingerprint density at radius 1 is 1.03 bits per heavy atom. The molecular weight excluding hydrogens is 445 g/mol. The second-order valence-corrected chi connectivity index (χ2v) is 8.69. The molecule has 4 aromatic rings. The van der Waals surface area contributed by atoms with E-state index in [2.05, 4.69) is 42.3 Å². The molecule has 34 heavy (non-hydrogen) atoms. The second-order valence-electron chi connectivity index (χ2n) is 8.69. The van der Waals surface area contributed by atoms with Crippen LogP contribution in [0.25, 0.3) is 16.7 Å². The summed E-state index contributed by atoms with van der Waals surface area (Å²) in [6.45, 7) is 7.16. The van der Waals surface area contributed by atoms with Crippen LogP contribution in [-0.4, -0.2) is 62.7 Å². The van der Waals surface area contributed by atoms with Crippen molar-refractivity contribution in [1.82, 2.24) is 29.5 Å². The summed E-state index contributed by atoms with van der Waals surface area (Å²) >= 11 is 0. The Balaban J connectivity index is 1.58. The van der Waals surface area contributed by atoms with Crippen molar-refractivity contribution in [2.75, 3.05) is 43.4 Å². The van der Waals surface area contributed by atoms with Gasteiger partial charge in [0, 0.05) is 32.2 Å². The van der Waals surface area contributed by atoms with Crippen LogP contribution in [0.2, 0.25) is 0 Å². The van der Waals surface area contributed by atoms with E-state index >= 15 is 0 Å². The van der Waals surface area contributed by atoms with E-state index in [1.807, 2.05) is 17.4 Å². The van der Waals surface area contributed by atoms with Gasteiger partial charge in [0.2, 0.25) is 0 Å². The summed E-state index contributed by atoms with van der Waals surface area (Å²) in [6.07, 6.45) is -2.77. The fraction of sp³-hybridized carbons (Fsp3) is 0.391. The van der Waals surface area contributed by atoms with Gasteiger partial charge in [0.25, 0.3) is 0 Å². The van der Waals surface area contributed by atoms with Crippen molar-refractivity contribution in [3.63, 3.8) is 0 Å². The SMILES string of the molecule is Cc1nc(N[C@H](C)c2cccc(C(F)(F)F)c2)c2cc(N3CCN(C)CC3)c3nncn3c2n1. The standard InChI is InChI=1S/C23H25F3N8/c1-14(16-5-4-6-17(11-16)23(24,25)26)28-20-18-12-19(33-9-7-32(3)8-10-33)22-31-27-13-34(22)21(18)30-15(2)29-20/h4-6,11-14H,7-10H2,1-3H3,(H,28,29,30)/t14-/m1/s1. The molecule has 4 heterocycles. The van der Waals surface area contributed by atoms with E-state index in [0.29, 0.717) is 28.5 Å². The summed E-state index contributed by atoms with van der Waals surface area (Å²) in [7, 11) is 2.10. The van der Waals surface area contributed by atoms with Crippen LogP contribution in [0.1, 0.15) is 29.9 Å². The Labute approximate surface area is 194 Å². The predicted octanol–water partition coefficient (Wildman–Crippen LogP) is 3.92. The van der Waals surface area contributed by atoms with E-state index in [9.17, 15) is 13.2 Å². The zero-order valence-electron chi connectivity index (χ0n) is 19.1. The van der Waals surface area contributed by atoms with E-state index in [-0.39, 0.29) is 0 Å². The molecule has 3 aromatic heterocycles. The van der Waals surface area contributed by atoms with E-state index in [1.54, 1.807) is 19.3 Å². The summed E-state index contributed by atoms with van der Waals surface area (Å²) in [5, 5.41) is 12.5. The molecule has 178 valence electrons. The van der Waals surface area contributed by atoms with Crippen LogP contribution in [0.3, 0.4) is 0 Å². The number of benzene rings is 1. The van der Waals surface area contributed by atoms with Crippen LogP contribution in [0.5, 0.6) is 0 Å². The fourth-order valence-corrected chi connectivity index (χ4v) is 4.31. The molecule has 1 aliphatic rings. The molecule has 0 aliphatic carbocycles. The third-order valence-electron chi connectivity index (χ3n) is 6.23. The molecule has 1 aromatic carbocycles. The zero-order chi connectivity index (χ0) is 24.0. The smallest absolute Gasteiger partial charge is 0.366 e. The minimum atomic E-state index is -4.40. The Morgan fingerprint density at radius 3 is 2.53 bits per heavy atom. The van der Waals surface area contributed by atoms with Crippen molar-refractivity contribution >= 4 is 28.2 Å². The molecule has 11 heteroatoms. The molecule has 1 fully saturated rings. The van der Waals surface area contributed by atoms with Crippen LogP contribution in [0.4, 0.5) is 24.7 Å². The maximum Gasteiger partial charge on any atom is 0.416 e. The summed E-state index contributed by atoms with van der Waals surface area (Å²) in [5.74, 6) is 1.09. The average molecular weight is 471 g/mol. The molecule has 8 nitrogen and oxygen atoms in total. The van der Waals surface area contributed by atoms with Gasteiger partial charge in [-0.05, 0) is 44.7 Å². The van der Waals surface area contributed by atoms with Gasteiger partial charge in [-0.1, -0.05) is 12.1 Å². The first kappa shape index (κ1) is 22.3. The Kier molecular flexibility index (Phi) is 5.51. The Morgan fingerprint density at radius 2 is 1.79 bits per heavy atom. The number of aryl methyl sites for hydroxylation is 1. The Bertz CT molecular complexity index is 1340. The Hall–Kier alpha value is -3.47. The highest BCUT2D eigenvalue weighted by Gasteiger charge is 2.31. The molecule has 1 N–H and O–H groups in total. The van der Waals surface area contributed by atoms with Crippen molar-refractivity contribution in [1.29, 1.82) is 0 Å². The van der Waals surface area contributed by atoms with Crippen LogP contribution in [-0.2, 0) is 6.18 Å². The summed E-state index contributed by atoms with van der Waals surface area (Å²) in [4.78, 5) is 13.8. The molecular formula is C23H25F3N8. The number of alkyl halides is 3. The van der Waals surface area contributed by atoms with Gasteiger partial charge in [-0.2, -0.15) is 13.2 Å². The van der Waals surface area contributed by atoms with Gasteiger partial charge in [0.15, 0.2) is 11.3 Å². The number of nitrogens with one attached hydrogen (secondary N) is 1. The topological polar surface area (TPSA) is 74.5 Å². The largest absolute Gasteiger partial charge is 0.416 e. The average Bonchev–Trinajstić information content (AvgIpc) is 3.29. The van der Waals surface area contributed by atoms with E-state index in [4.69, 9.17) is 0 Å². The van der Waals surface area contributed by atoms with Crippen LogP contribution >= 0.6 is 0 Å². The van der Waals surface area contributed by atoms with Gasteiger partial charge >= 0.3 is 6.18 Å². The van der Waals surface area contributed by atoms with E-state index in [0.717, 1.165) is 43.3 Å². The molecule has 1 atom stereocenters. The maximum absolute atomic E-state index is 13.2. The van der Waals surface area contributed by atoms with Gasteiger partial charge in [-0.15, -0.1) is 10.2 Å². The molecule has 0 spiro atoms. The zero-order valence-corrected chi connectivity index (χ0v) is 19.1.